The number of nitrogens with zero attached hydrogens (tertiary/aromatic N) is 2. The van der Waals surface area contributed by atoms with Crippen LogP contribution in [-0.4, -0.2) is 31.1 Å². The second kappa shape index (κ2) is 10.0. The van der Waals surface area contributed by atoms with Gasteiger partial charge in [0.2, 0.25) is 0 Å². The standard InChI is InChI=1S/C19H28N4OS/c1-5-20-19(23-13-18-22-12-15(3)25-18)21-11-10-14(2)16-6-8-17(24-4)9-7-16/h6-9,12,14H,5,10-11,13H2,1-4H3,(H2,20,21,23). The Kier molecular flexibility index (Phi) is 7.73. The van der Waals surface area contributed by atoms with Crippen molar-refractivity contribution in [2.24, 2.45) is 4.99 Å². The van der Waals surface area contributed by atoms with Crippen LogP contribution in [0.3, 0.4) is 0 Å². The highest BCUT2D eigenvalue weighted by atomic mass is 32.1. The number of benzene rings is 1. The molecule has 6 heteroatoms. The summed E-state index contributed by atoms with van der Waals surface area (Å²) in [5.74, 6) is 2.22. The lowest BCUT2D eigenvalue weighted by atomic mass is 9.98. The number of aliphatic imine (C=N–C) groups is 1. The van der Waals surface area contributed by atoms with E-state index in [-0.39, 0.29) is 0 Å². The highest BCUT2D eigenvalue weighted by molar-refractivity contribution is 7.11. The Hall–Kier alpha value is -2.08. The summed E-state index contributed by atoms with van der Waals surface area (Å²) in [5, 5.41) is 7.74. The van der Waals surface area contributed by atoms with Gasteiger partial charge >= 0.3 is 0 Å². The molecule has 0 saturated carbocycles. The van der Waals surface area contributed by atoms with Gasteiger partial charge in [-0.3, -0.25) is 0 Å². The normalized spacial score (nSPS) is 12.7. The number of ether oxygens (including phenoxy) is 1. The quantitative estimate of drug-likeness (QED) is 0.556. The van der Waals surface area contributed by atoms with Gasteiger partial charge in [0.25, 0.3) is 0 Å². The Morgan fingerprint density at radius 3 is 2.64 bits per heavy atom. The molecule has 2 rings (SSSR count). The first-order chi connectivity index (χ1) is 12.1. The molecular weight excluding hydrogens is 332 g/mol. The summed E-state index contributed by atoms with van der Waals surface area (Å²) in [4.78, 5) is 10.2. The molecule has 0 aliphatic carbocycles. The van der Waals surface area contributed by atoms with Crippen LogP contribution in [0.15, 0.2) is 35.5 Å². The average molecular weight is 361 g/mol. The lowest BCUT2D eigenvalue weighted by Gasteiger charge is -2.15. The molecule has 0 amide bonds. The second-order valence-electron chi connectivity index (χ2n) is 5.95. The van der Waals surface area contributed by atoms with Crippen molar-refractivity contribution in [1.29, 1.82) is 0 Å². The largest absolute Gasteiger partial charge is 0.497 e. The lowest BCUT2D eigenvalue weighted by molar-refractivity contribution is 0.414. The first-order valence-electron chi connectivity index (χ1n) is 8.69. The summed E-state index contributed by atoms with van der Waals surface area (Å²) >= 11 is 1.69. The number of nitrogens with one attached hydrogen (secondary N) is 2. The predicted octanol–water partition coefficient (Wildman–Crippen LogP) is 3.71. The van der Waals surface area contributed by atoms with Gasteiger partial charge in [-0.1, -0.05) is 19.1 Å². The topological polar surface area (TPSA) is 58.5 Å². The highest BCUT2D eigenvalue weighted by Gasteiger charge is 2.06. The van der Waals surface area contributed by atoms with Crippen LogP contribution in [0.4, 0.5) is 0 Å². The van der Waals surface area contributed by atoms with Gasteiger partial charge in [-0.25, -0.2) is 9.98 Å². The van der Waals surface area contributed by atoms with Crippen LogP contribution in [0.25, 0.3) is 0 Å². The molecule has 0 bridgehead atoms. The Morgan fingerprint density at radius 1 is 1.28 bits per heavy atom. The molecule has 1 aromatic heterocycles. The monoisotopic (exact) mass is 360 g/mol. The van der Waals surface area contributed by atoms with Crippen LogP contribution in [0.2, 0.25) is 0 Å². The Labute approximate surface area is 154 Å². The fraction of sp³-hybridized carbons (Fsp3) is 0.474. The molecule has 2 N–H and O–H groups in total. The first kappa shape index (κ1) is 19.2. The molecular formula is C19H28N4OS. The number of guanidine groups is 1. The zero-order chi connectivity index (χ0) is 18.1. The molecule has 0 aliphatic heterocycles. The van der Waals surface area contributed by atoms with Gasteiger partial charge in [-0.15, -0.1) is 11.3 Å². The summed E-state index contributed by atoms with van der Waals surface area (Å²) in [7, 11) is 1.69. The summed E-state index contributed by atoms with van der Waals surface area (Å²) in [6.07, 6.45) is 2.93. The minimum absolute atomic E-state index is 0.475. The molecule has 0 radical (unpaired) electrons. The average Bonchev–Trinajstić information content (AvgIpc) is 3.05. The maximum Gasteiger partial charge on any atom is 0.191 e. The Balaban J connectivity index is 1.83. The van der Waals surface area contributed by atoms with E-state index in [0.29, 0.717) is 12.5 Å². The summed E-state index contributed by atoms with van der Waals surface area (Å²) in [5.41, 5.74) is 1.32. The molecule has 1 unspecified atom stereocenters. The van der Waals surface area contributed by atoms with Crippen molar-refractivity contribution in [2.45, 2.75) is 39.7 Å². The van der Waals surface area contributed by atoms with Crippen LogP contribution in [0.5, 0.6) is 5.75 Å². The minimum Gasteiger partial charge on any atom is -0.497 e. The molecule has 0 spiro atoms. The van der Waals surface area contributed by atoms with Crippen molar-refractivity contribution in [3.8, 4) is 5.75 Å². The van der Waals surface area contributed by atoms with Crippen LogP contribution in [0, 0.1) is 6.92 Å². The van der Waals surface area contributed by atoms with Crippen molar-refractivity contribution in [1.82, 2.24) is 15.6 Å². The lowest BCUT2D eigenvalue weighted by Crippen LogP contribution is -2.38. The molecule has 0 saturated heterocycles. The Bertz CT molecular complexity index is 666. The number of aryl methyl sites for hydroxylation is 1. The van der Waals surface area contributed by atoms with Gasteiger partial charge < -0.3 is 15.4 Å². The van der Waals surface area contributed by atoms with Crippen LogP contribution >= 0.6 is 11.3 Å². The SMILES string of the molecule is CCNC(=NCc1ncc(C)s1)NCCC(C)c1ccc(OC)cc1. The number of hydrogen-bond acceptors (Lipinski definition) is 4. The van der Waals surface area contributed by atoms with Crippen LogP contribution in [-0.2, 0) is 6.54 Å². The summed E-state index contributed by atoms with van der Waals surface area (Å²) in [6, 6.07) is 8.29. The summed E-state index contributed by atoms with van der Waals surface area (Å²) in [6.45, 7) is 8.71. The zero-order valence-electron chi connectivity index (χ0n) is 15.5. The molecule has 1 heterocycles. The van der Waals surface area contributed by atoms with E-state index in [0.717, 1.165) is 36.2 Å². The fourth-order valence-corrected chi connectivity index (χ4v) is 3.18. The fourth-order valence-electron chi connectivity index (χ4n) is 2.47. The van der Waals surface area contributed by atoms with E-state index in [2.05, 4.69) is 53.5 Å². The van der Waals surface area contributed by atoms with Crippen molar-refractivity contribution >= 4 is 17.3 Å². The van der Waals surface area contributed by atoms with Gasteiger partial charge in [0.1, 0.15) is 10.8 Å². The van der Waals surface area contributed by atoms with E-state index >= 15 is 0 Å². The van der Waals surface area contributed by atoms with E-state index in [1.54, 1.807) is 18.4 Å². The van der Waals surface area contributed by atoms with Crippen molar-refractivity contribution in [3.63, 3.8) is 0 Å². The molecule has 25 heavy (non-hydrogen) atoms. The van der Waals surface area contributed by atoms with Gasteiger partial charge in [-0.2, -0.15) is 0 Å². The first-order valence-corrected chi connectivity index (χ1v) is 9.51. The number of aromatic nitrogens is 1. The van der Waals surface area contributed by atoms with Crippen molar-refractivity contribution in [2.75, 3.05) is 20.2 Å². The summed E-state index contributed by atoms with van der Waals surface area (Å²) < 4.78 is 5.21. The van der Waals surface area contributed by atoms with Gasteiger partial charge in [-0.05, 0) is 43.9 Å². The molecule has 0 fully saturated rings. The third-order valence-corrected chi connectivity index (χ3v) is 4.84. The van der Waals surface area contributed by atoms with Gasteiger partial charge in [0, 0.05) is 24.2 Å². The molecule has 2 aromatic rings. The molecule has 1 atom stereocenters. The maximum atomic E-state index is 5.21. The van der Waals surface area contributed by atoms with Crippen LogP contribution < -0.4 is 15.4 Å². The number of methoxy groups -OCH3 is 1. The molecule has 136 valence electrons. The number of rotatable bonds is 8. The third kappa shape index (κ3) is 6.38. The molecule has 1 aromatic carbocycles. The van der Waals surface area contributed by atoms with Gasteiger partial charge in [0.05, 0.1) is 13.7 Å². The van der Waals surface area contributed by atoms with E-state index in [4.69, 9.17) is 4.74 Å². The second-order valence-corrected chi connectivity index (χ2v) is 7.27. The van der Waals surface area contributed by atoms with E-state index < -0.39 is 0 Å². The minimum atomic E-state index is 0.475. The van der Waals surface area contributed by atoms with E-state index in [9.17, 15) is 0 Å². The van der Waals surface area contributed by atoms with Crippen molar-refractivity contribution < 1.29 is 4.74 Å². The molecule has 5 nitrogen and oxygen atoms in total. The number of thiazole rings is 1. The maximum absolute atomic E-state index is 5.21. The zero-order valence-corrected chi connectivity index (χ0v) is 16.3. The predicted molar refractivity (Wildman–Crippen MR) is 106 cm³/mol. The Morgan fingerprint density at radius 2 is 2.04 bits per heavy atom. The molecule has 0 aliphatic rings. The smallest absolute Gasteiger partial charge is 0.191 e. The van der Waals surface area contributed by atoms with E-state index in [1.807, 2.05) is 18.3 Å². The van der Waals surface area contributed by atoms with E-state index in [1.165, 1.54) is 10.4 Å². The van der Waals surface area contributed by atoms with Gasteiger partial charge in [0.15, 0.2) is 5.96 Å². The van der Waals surface area contributed by atoms with Crippen molar-refractivity contribution in [3.05, 3.63) is 45.9 Å². The number of hydrogen-bond donors (Lipinski definition) is 2. The highest BCUT2D eigenvalue weighted by Crippen LogP contribution is 2.21. The third-order valence-electron chi connectivity index (χ3n) is 3.94. The van der Waals surface area contributed by atoms with Crippen LogP contribution in [0.1, 0.15) is 41.6 Å².